The van der Waals surface area contributed by atoms with Crippen LogP contribution in [0.1, 0.15) is 11.1 Å². The molecule has 0 aliphatic carbocycles. The summed E-state index contributed by atoms with van der Waals surface area (Å²) in [5, 5.41) is 5.59. The number of fused-ring (bicyclic) bond motifs is 1. The Morgan fingerprint density at radius 2 is 1.80 bits per heavy atom. The van der Waals surface area contributed by atoms with Crippen molar-refractivity contribution in [2.24, 2.45) is 0 Å². The van der Waals surface area contributed by atoms with Gasteiger partial charge in [0.2, 0.25) is 0 Å². The van der Waals surface area contributed by atoms with E-state index in [1.54, 1.807) is 7.11 Å². The van der Waals surface area contributed by atoms with Crippen LogP contribution in [0.2, 0.25) is 0 Å². The number of pyridine rings is 2. The predicted octanol–water partition coefficient (Wildman–Crippen LogP) is 3.86. The maximum atomic E-state index is 5.21. The van der Waals surface area contributed by atoms with Crippen LogP contribution in [0.4, 0.5) is 0 Å². The second-order valence-electron chi connectivity index (χ2n) is 5.94. The number of aromatic nitrogens is 4. The van der Waals surface area contributed by atoms with Gasteiger partial charge in [0.25, 0.3) is 0 Å². The Labute approximate surface area is 145 Å². The highest BCUT2D eigenvalue weighted by Crippen LogP contribution is 2.29. The molecule has 0 saturated carbocycles. The van der Waals surface area contributed by atoms with Crippen molar-refractivity contribution in [2.75, 3.05) is 7.11 Å². The molecular weight excluding hydrogens is 312 g/mol. The van der Waals surface area contributed by atoms with E-state index in [0.717, 1.165) is 33.5 Å². The summed E-state index contributed by atoms with van der Waals surface area (Å²) in [6.45, 7) is 2.75. The van der Waals surface area contributed by atoms with Crippen LogP contribution < -0.4 is 4.74 Å². The van der Waals surface area contributed by atoms with Crippen molar-refractivity contribution in [2.45, 2.75) is 13.5 Å². The molecule has 0 saturated heterocycles. The number of aryl methyl sites for hydroxylation is 1. The highest BCUT2D eigenvalue weighted by molar-refractivity contribution is 5.93. The molecule has 124 valence electrons. The van der Waals surface area contributed by atoms with E-state index in [1.165, 1.54) is 5.56 Å². The lowest BCUT2D eigenvalue weighted by Crippen LogP contribution is -2.02. The van der Waals surface area contributed by atoms with Crippen LogP contribution in [0, 0.1) is 6.92 Å². The minimum Gasteiger partial charge on any atom is -0.497 e. The molecule has 4 rings (SSSR count). The summed E-state index contributed by atoms with van der Waals surface area (Å²) >= 11 is 0. The zero-order chi connectivity index (χ0) is 17.2. The van der Waals surface area contributed by atoms with Gasteiger partial charge < -0.3 is 4.74 Å². The molecule has 0 amide bonds. The summed E-state index contributed by atoms with van der Waals surface area (Å²) in [4.78, 5) is 8.80. The van der Waals surface area contributed by atoms with Crippen molar-refractivity contribution in [1.29, 1.82) is 0 Å². The lowest BCUT2D eigenvalue weighted by Gasteiger charge is -2.07. The van der Waals surface area contributed by atoms with Crippen LogP contribution in [-0.2, 0) is 6.54 Å². The molecule has 0 aliphatic rings. The molecule has 4 aromatic rings. The summed E-state index contributed by atoms with van der Waals surface area (Å²) in [7, 11) is 1.67. The summed E-state index contributed by atoms with van der Waals surface area (Å²) < 4.78 is 7.13. The van der Waals surface area contributed by atoms with E-state index in [4.69, 9.17) is 4.74 Å². The summed E-state index contributed by atoms with van der Waals surface area (Å²) in [6, 6.07) is 12.0. The molecule has 1 aromatic carbocycles. The van der Waals surface area contributed by atoms with Crippen molar-refractivity contribution in [3.63, 3.8) is 0 Å². The molecule has 3 heterocycles. The van der Waals surface area contributed by atoms with Crippen LogP contribution in [0.25, 0.3) is 22.2 Å². The van der Waals surface area contributed by atoms with Crippen molar-refractivity contribution >= 4 is 11.0 Å². The van der Waals surface area contributed by atoms with E-state index in [-0.39, 0.29) is 0 Å². The predicted molar refractivity (Wildman–Crippen MR) is 97.6 cm³/mol. The fourth-order valence-electron chi connectivity index (χ4n) is 2.98. The quantitative estimate of drug-likeness (QED) is 0.570. The van der Waals surface area contributed by atoms with Crippen molar-refractivity contribution in [3.05, 3.63) is 72.3 Å². The third kappa shape index (κ3) is 2.85. The maximum Gasteiger partial charge on any atom is 0.158 e. The minimum absolute atomic E-state index is 0.663. The van der Waals surface area contributed by atoms with Gasteiger partial charge in [-0.25, -0.2) is 9.67 Å². The molecule has 0 unspecified atom stereocenters. The number of hydrogen-bond acceptors (Lipinski definition) is 4. The van der Waals surface area contributed by atoms with Gasteiger partial charge in [0.05, 0.1) is 19.9 Å². The van der Waals surface area contributed by atoms with Crippen molar-refractivity contribution in [3.8, 4) is 16.9 Å². The average Bonchev–Trinajstić information content (AvgIpc) is 3.06. The average molecular weight is 330 g/mol. The number of ether oxygens (including phenoxy) is 1. The van der Waals surface area contributed by atoms with Crippen LogP contribution >= 0.6 is 0 Å². The summed E-state index contributed by atoms with van der Waals surface area (Å²) in [5.41, 5.74) is 5.42. The first-order valence-electron chi connectivity index (χ1n) is 8.10. The molecule has 0 N–H and O–H groups in total. The zero-order valence-corrected chi connectivity index (χ0v) is 14.2. The van der Waals surface area contributed by atoms with Gasteiger partial charge in [0.15, 0.2) is 5.65 Å². The topological polar surface area (TPSA) is 52.8 Å². The molecule has 0 aliphatic heterocycles. The van der Waals surface area contributed by atoms with Gasteiger partial charge in [-0.2, -0.15) is 5.10 Å². The van der Waals surface area contributed by atoms with Gasteiger partial charge >= 0.3 is 0 Å². The first kappa shape index (κ1) is 15.3. The van der Waals surface area contributed by atoms with Crippen LogP contribution in [-0.4, -0.2) is 26.9 Å². The molecule has 0 atom stereocenters. The fourth-order valence-corrected chi connectivity index (χ4v) is 2.98. The minimum atomic E-state index is 0.663. The van der Waals surface area contributed by atoms with Crippen LogP contribution in [0.3, 0.4) is 0 Å². The summed E-state index contributed by atoms with van der Waals surface area (Å²) in [5.74, 6) is 0.849. The van der Waals surface area contributed by atoms with Gasteiger partial charge in [-0.1, -0.05) is 12.1 Å². The highest BCUT2D eigenvalue weighted by atomic mass is 16.5. The van der Waals surface area contributed by atoms with Crippen molar-refractivity contribution in [1.82, 2.24) is 19.7 Å². The lowest BCUT2D eigenvalue weighted by molar-refractivity contribution is 0.414. The third-order valence-electron chi connectivity index (χ3n) is 4.36. The smallest absolute Gasteiger partial charge is 0.158 e. The van der Waals surface area contributed by atoms with E-state index in [1.807, 2.05) is 65.9 Å². The largest absolute Gasteiger partial charge is 0.497 e. The second kappa shape index (κ2) is 6.36. The second-order valence-corrected chi connectivity index (χ2v) is 5.94. The number of hydrogen-bond donors (Lipinski definition) is 0. The molecule has 0 spiro atoms. The monoisotopic (exact) mass is 330 g/mol. The van der Waals surface area contributed by atoms with Gasteiger partial charge in [-0.05, 0) is 47.9 Å². The first-order valence-corrected chi connectivity index (χ1v) is 8.10. The Balaban J connectivity index is 1.75. The first-order chi connectivity index (χ1) is 12.3. The number of nitrogens with zero attached hydrogens (tertiary/aromatic N) is 4. The van der Waals surface area contributed by atoms with Gasteiger partial charge in [-0.15, -0.1) is 0 Å². The van der Waals surface area contributed by atoms with Gasteiger partial charge in [0.1, 0.15) is 5.75 Å². The Hall–Kier alpha value is -3.21. The summed E-state index contributed by atoms with van der Waals surface area (Å²) in [6.07, 6.45) is 7.42. The van der Waals surface area contributed by atoms with Gasteiger partial charge in [0, 0.05) is 29.5 Å². The maximum absolute atomic E-state index is 5.21. The Bertz CT molecular complexity index is 1020. The van der Waals surface area contributed by atoms with E-state index < -0.39 is 0 Å². The number of rotatable bonds is 4. The normalized spacial score (nSPS) is 11.0. The molecular formula is C20H18N4O. The molecule has 5 nitrogen and oxygen atoms in total. The Morgan fingerprint density at radius 1 is 0.960 bits per heavy atom. The standard InChI is InChI=1S/C20H18N4O/c1-14-7-9-21-11-18(14)17-8-10-22-20-19(17)12-23-24(20)13-15-3-5-16(25-2)6-4-15/h3-12H,13H2,1-2H3. The number of benzene rings is 1. The molecule has 3 aromatic heterocycles. The number of methoxy groups -OCH3 is 1. The molecule has 0 radical (unpaired) electrons. The van der Waals surface area contributed by atoms with Crippen molar-refractivity contribution < 1.29 is 4.74 Å². The molecule has 25 heavy (non-hydrogen) atoms. The SMILES string of the molecule is COc1ccc(Cn2ncc3c(-c4cnccc4C)ccnc32)cc1. The Morgan fingerprint density at radius 3 is 2.56 bits per heavy atom. The van der Waals surface area contributed by atoms with E-state index >= 15 is 0 Å². The highest BCUT2D eigenvalue weighted by Gasteiger charge is 2.12. The van der Waals surface area contributed by atoms with E-state index in [2.05, 4.69) is 22.0 Å². The van der Waals surface area contributed by atoms with Gasteiger partial charge in [-0.3, -0.25) is 4.98 Å². The fraction of sp³-hybridized carbons (Fsp3) is 0.150. The molecule has 5 heteroatoms. The third-order valence-corrected chi connectivity index (χ3v) is 4.36. The van der Waals surface area contributed by atoms with E-state index in [9.17, 15) is 0 Å². The molecule has 0 bridgehead atoms. The zero-order valence-electron chi connectivity index (χ0n) is 14.2. The Kier molecular flexibility index (Phi) is 3.90. The van der Waals surface area contributed by atoms with E-state index in [0.29, 0.717) is 6.54 Å². The lowest BCUT2D eigenvalue weighted by atomic mass is 10.0. The molecule has 0 fully saturated rings. The van der Waals surface area contributed by atoms with Crippen LogP contribution in [0.15, 0.2) is 61.2 Å². The van der Waals surface area contributed by atoms with Crippen LogP contribution in [0.5, 0.6) is 5.75 Å².